The first-order valence-electron chi connectivity index (χ1n) is 27.3. The average Bonchev–Trinajstić information content (AvgIpc) is 4.45. The molecule has 18 nitrogen and oxygen atoms in total. The van der Waals surface area contributed by atoms with Gasteiger partial charge in [0, 0.05) is 50.6 Å². The van der Waals surface area contributed by atoms with Crippen LogP contribution in [0.25, 0.3) is 22.8 Å². The van der Waals surface area contributed by atoms with Crippen molar-refractivity contribution in [2.75, 3.05) is 40.2 Å². The van der Waals surface area contributed by atoms with Crippen LogP contribution in [0.5, 0.6) is 0 Å². The molecule has 20 heteroatoms. The normalized spacial score (nSPS) is 9.89. The number of aliphatic hydroxyl groups excluding tert-OH is 2. The summed E-state index contributed by atoms with van der Waals surface area (Å²) in [6, 6.07) is 66.5. The highest BCUT2D eigenvalue weighted by atomic mass is 79.9. The van der Waals surface area contributed by atoms with Crippen molar-refractivity contribution < 1.29 is 20.3 Å². The number of nitriles is 2. The first-order chi connectivity index (χ1) is 41.1. The van der Waals surface area contributed by atoms with Gasteiger partial charge in [-0.3, -0.25) is 0 Å². The van der Waals surface area contributed by atoms with Crippen LogP contribution in [0.4, 0.5) is 39.8 Å². The van der Waals surface area contributed by atoms with Gasteiger partial charge in [-0.2, -0.15) is 20.5 Å². The van der Waals surface area contributed by atoms with E-state index in [0.717, 1.165) is 76.5 Å². The Kier molecular flexibility index (Phi) is 28.6. The number of para-hydroxylation sites is 7. The summed E-state index contributed by atoms with van der Waals surface area (Å²) in [6.45, 7) is 8.94. The molecule has 0 unspecified atom stereocenters. The number of tetrazole rings is 2. The van der Waals surface area contributed by atoms with E-state index in [1.165, 1.54) is 21.5 Å². The van der Waals surface area contributed by atoms with Crippen molar-refractivity contribution in [3.8, 4) is 34.9 Å². The number of aromatic nitrogens is 8. The number of halogens is 1. The molecule has 2 aromatic heterocycles. The molecule has 0 saturated carbocycles. The Morgan fingerprint density at radius 2 is 0.917 bits per heavy atom. The summed E-state index contributed by atoms with van der Waals surface area (Å²) in [5, 5.41) is 89.5. The van der Waals surface area contributed by atoms with Crippen molar-refractivity contribution in [2.45, 2.75) is 59.9 Å². The average molecular weight is 1190 g/mol. The van der Waals surface area contributed by atoms with Crippen molar-refractivity contribution in [1.82, 2.24) is 40.8 Å². The Morgan fingerprint density at radius 1 is 0.512 bits per heavy atom. The van der Waals surface area contributed by atoms with Crippen LogP contribution < -0.4 is 27.1 Å². The number of nitrogen functional groups attached to an aromatic ring is 1. The van der Waals surface area contributed by atoms with Crippen LogP contribution in [0, 0.1) is 22.7 Å². The number of aryl methyl sites for hydroxylation is 4. The standard InChI is InChI=1S/C17H19N5O.C15H15N5.C15H14N2.C8H11BO2.C7H6N2.C2H5BrO/c1-2-13-7-3-5-9-15(13)18-16-10-6-4-8-14(16)17-19-21-22(20-17)11-12-23;1-2-11-7-3-5-9-13(11)16-14-10-6-4-8-12(14)15-17-19-20-18-15;1-2-12-7-3-5-9-14(12)17-15-10-6-4-8-13(15)11-16;1-2-7-5-3-4-6-8(7)9(10)11;8-5-6-3-1-2-4-7(6)9;3-1-2-4/h3-10,18,23H,2,11-12H2,1H3;3-10,16H,2H2,1H3,(H,17,18,19,20);3-10,17H,2H2,1H3;3-6,10-11H,2H2,1H3;1-4H,9H2;4H,1-2H2. The number of alkyl halides is 1. The molecule has 0 aliphatic heterocycles. The third-order valence-electron chi connectivity index (χ3n) is 12.4. The zero-order valence-electron chi connectivity index (χ0n) is 47.5. The molecule has 0 radical (unpaired) electrons. The van der Waals surface area contributed by atoms with Gasteiger partial charge in [-0.15, -0.1) is 20.4 Å². The number of benzene rings is 8. The van der Waals surface area contributed by atoms with Gasteiger partial charge in [0.05, 0.1) is 36.6 Å². The summed E-state index contributed by atoms with van der Waals surface area (Å²) < 4.78 is 0. The molecule has 10 rings (SSSR count). The molecule has 0 atom stereocenters. The number of hydrogen-bond donors (Lipinski definition) is 9. The van der Waals surface area contributed by atoms with Crippen molar-refractivity contribution >= 4 is 68.3 Å². The fourth-order valence-electron chi connectivity index (χ4n) is 8.07. The number of aliphatic hydroxyl groups is 2. The van der Waals surface area contributed by atoms with Crippen LogP contribution >= 0.6 is 15.9 Å². The van der Waals surface area contributed by atoms with Crippen LogP contribution in [0.15, 0.2) is 194 Å². The number of rotatable bonds is 16. The van der Waals surface area contributed by atoms with Gasteiger partial charge < -0.3 is 41.9 Å². The van der Waals surface area contributed by atoms with E-state index in [1.54, 1.807) is 36.4 Å². The lowest BCUT2D eigenvalue weighted by Gasteiger charge is -2.13. The molecule has 0 amide bonds. The molecule has 0 spiro atoms. The minimum Gasteiger partial charge on any atom is -0.423 e. The summed E-state index contributed by atoms with van der Waals surface area (Å²) in [5.74, 6) is 1.12. The van der Waals surface area contributed by atoms with Crippen LogP contribution in [-0.2, 0) is 32.2 Å². The Hall–Kier alpha value is -9.54. The fraction of sp³-hybridized carbons (Fsp3) is 0.188. The van der Waals surface area contributed by atoms with E-state index >= 15 is 0 Å². The molecule has 8 aromatic carbocycles. The van der Waals surface area contributed by atoms with E-state index in [1.807, 2.05) is 134 Å². The third kappa shape index (κ3) is 20.5. The highest BCUT2D eigenvalue weighted by Gasteiger charge is 2.15. The van der Waals surface area contributed by atoms with Gasteiger partial charge in [-0.05, 0) is 131 Å². The molecule has 2 heterocycles. The number of nitrogens with zero attached hydrogens (tertiary/aromatic N) is 9. The van der Waals surface area contributed by atoms with Crippen molar-refractivity contribution in [3.05, 3.63) is 228 Å². The molecular formula is C64H70BBrN14O4. The quantitative estimate of drug-likeness (QED) is 0.0247. The van der Waals surface area contributed by atoms with Crippen molar-refractivity contribution in [2.24, 2.45) is 0 Å². The molecular weight excluding hydrogens is 1120 g/mol. The summed E-state index contributed by atoms with van der Waals surface area (Å²) >= 11 is 3.00. The van der Waals surface area contributed by atoms with Gasteiger partial charge in [0.25, 0.3) is 0 Å². The minimum atomic E-state index is -1.34. The lowest BCUT2D eigenvalue weighted by atomic mass is 9.76. The summed E-state index contributed by atoms with van der Waals surface area (Å²) in [6.07, 6.45) is 3.73. The molecule has 0 aliphatic rings. The zero-order valence-corrected chi connectivity index (χ0v) is 49.1. The largest absolute Gasteiger partial charge is 0.488 e. The van der Waals surface area contributed by atoms with Crippen LogP contribution in [0.2, 0.25) is 0 Å². The second-order valence-corrected chi connectivity index (χ2v) is 18.7. The van der Waals surface area contributed by atoms with Gasteiger partial charge in [-0.1, -0.05) is 171 Å². The lowest BCUT2D eigenvalue weighted by molar-refractivity contribution is 0.259. The maximum Gasteiger partial charge on any atom is 0.488 e. The van der Waals surface area contributed by atoms with E-state index in [0.29, 0.717) is 45.8 Å². The molecule has 0 saturated heterocycles. The topological polar surface area (TPSA) is 289 Å². The first kappa shape index (κ1) is 65.3. The number of anilines is 7. The number of hydrogen-bond acceptors (Lipinski definition) is 16. The van der Waals surface area contributed by atoms with E-state index in [2.05, 4.69) is 131 Å². The molecule has 0 aliphatic carbocycles. The summed E-state index contributed by atoms with van der Waals surface area (Å²) in [4.78, 5) is 1.39. The maximum absolute atomic E-state index is 9.03. The van der Waals surface area contributed by atoms with Gasteiger partial charge >= 0.3 is 7.12 Å². The van der Waals surface area contributed by atoms with E-state index in [9.17, 15) is 0 Å². The number of H-pyrrole nitrogens is 1. The van der Waals surface area contributed by atoms with Gasteiger partial charge in [0.15, 0.2) is 0 Å². The summed E-state index contributed by atoms with van der Waals surface area (Å²) in [5.41, 5.74) is 20.3. The monoisotopic (exact) mass is 1190 g/mol. The predicted octanol–water partition coefficient (Wildman–Crippen LogP) is 11.1. The smallest absolute Gasteiger partial charge is 0.423 e. The van der Waals surface area contributed by atoms with Gasteiger partial charge in [0.1, 0.15) is 12.1 Å². The minimum absolute atomic E-state index is 0.0143. The van der Waals surface area contributed by atoms with Gasteiger partial charge in [-0.25, -0.2) is 0 Å². The predicted molar refractivity (Wildman–Crippen MR) is 341 cm³/mol. The molecule has 84 heavy (non-hydrogen) atoms. The van der Waals surface area contributed by atoms with Crippen LogP contribution in [0.3, 0.4) is 0 Å². The van der Waals surface area contributed by atoms with Gasteiger partial charge in [0.2, 0.25) is 11.6 Å². The van der Waals surface area contributed by atoms with E-state index < -0.39 is 7.12 Å². The number of nitrogens with one attached hydrogen (secondary N) is 4. The van der Waals surface area contributed by atoms with Crippen molar-refractivity contribution in [3.63, 3.8) is 0 Å². The van der Waals surface area contributed by atoms with E-state index in [-0.39, 0.29) is 13.2 Å². The van der Waals surface area contributed by atoms with Crippen LogP contribution in [0.1, 0.15) is 61.1 Å². The second kappa shape index (κ2) is 36.7. The molecule has 430 valence electrons. The van der Waals surface area contributed by atoms with Crippen LogP contribution in [-0.4, -0.2) is 86.8 Å². The third-order valence-corrected chi connectivity index (χ3v) is 12.7. The highest BCUT2D eigenvalue weighted by molar-refractivity contribution is 9.09. The first-order valence-corrected chi connectivity index (χ1v) is 28.4. The Morgan fingerprint density at radius 3 is 1.33 bits per heavy atom. The number of aromatic amines is 1. The fourth-order valence-corrected chi connectivity index (χ4v) is 8.07. The second-order valence-electron chi connectivity index (χ2n) is 17.9. The highest BCUT2D eigenvalue weighted by Crippen LogP contribution is 2.31. The molecule has 0 bridgehead atoms. The van der Waals surface area contributed by atoms with Crippen molar-refractivity contribution in [1.29, 1.82) is 10.5 Å². The SMILES string of the molecule is CCc1ccccc1B(O)O.CCc1ccccc1Nc1ccccc1-c1nn[nH]n1.CCc1ccccc1Nc1ccccc1-c1nnn(CCO)n1.CCc1ccccc1Nc1ccccc1C#N.N#Cc1ccccc1N.OCCBr. The Bertz CT molecular complexity index is 3610. The zero-order chi connectivity index (χ0) is 60.3. The number of nitrogens with two attached hydrogens (primary N) is 1. The van der Waals surface area contributed by atoms with E-state index in [4.69, 9.17) is 36.5 Å². The Balaban J connectivity index is 0.000000195. The lowest BCUT2D eigenvalue weighted by Crippen LogP contribution is -2.32. The molecule has 10 aromatic rings. The Labute approximate surface area is 500 Å². The molecule has 0 fully saturated rings. The summed E-state index contributed by atoms with van der Waals surface area (Å²) in [7, 11) is -1.34. The maximum atomic E-state index is 9.03. The molecule has 10 N–H and O–H groups in total.